The Kier molecular flexibility index (Phi) is 4.61. The summed E-state index contributed by atoms with van der Waals surface area (Å²) in [7, 11) is 0. The molecule has 1 spiro atoms. The van der Waals surface area contributed by atoms with Crippen LogP contribution in [0.5, 0.6) is 0 Å². The van der Waals surface area contributed by atoms with Crippen LogP contribution in [0.2, 0.25) is 0 Å². The summed E-state index contributed by atoms with van der Waals surface area (Å²) in [5.74, 6) is 0. The van der Waals surface area contributed by atoms with Gasteiger partial charge in [-0.3, -0.25) is 9.58 Å². The Morgan fingerprint density at radius 1 is 1.19 bits per heavy atom. The SMILES string of the molecule is CC(C)(C)OCN1CCC(n2cc(Cc3ccc4c5c(cccc35)C3(CO3)N4)cn2)CC1. The molecule has 1 N–H and O–H groups in total. The Bertz CT molecular complexity index is 1150. The van der Waals surface area contributed by atoms with E-state index in [4.69, 9.17) is 14.6 Å². The van der Waals surface area contributed by atoms with Crippen molar-refractivity contribution in [2.45, 2.75) is 57.4 Å². The van der Waals surface area contributed by atoms with Crippen molar-refractivity contribution in [1.29, 1.82) is 0 Å². The zero-order valence-electron chi connectivity index (χ0n) is 19.2. The molecule has 0 saturated carbocycles. The van der Waals surface area contributed by atoms with Crippen molar-refractivity contribution in [1.82, 2.24) is 14.7 Å². The van der Waals surface area contributed by atoms with Crippen molar-refractivity contribution in [3.63, 3.8) is 0 Å². The van der Waals surface area contributed by atoms with Gasteiger partial charge >= 0.3 is 0 Å². The molecule has 168 valence electrons. The number of epoxide rings is 1. The Morgan fingerprint density at radius 3 is 2.75 bits per heavy atom. The largest absolute Gasteiger partial charge is 0.360 e. The Labute approximate surface area is 189 Å². The molecule has 1 atom stereocenters. The highest BCUT2D eigenvalue weighted by Crippen LogP contribution is 2.50. The minimum Gasteiger partial charge on any atom is -0.360 e. The Hall–Kier alpha value is -2.41. The highest BCUT2D eigenvalue weighted by atomic mass is 16.6. The van der Waals surface area contributed by atoms with Gasteiger partial charge in [0.15, 0.2) is 5.72 Å². The molecule has 0 amide bonds. The molecule has 1 aromatic heterocycles. The minimum absolute atomic E-state index is 0.0846. The predicted octanol–water partition coefficient (Wildman–Crippen LogP) is 4.65. The van der Waals surface area contributed by atoms with Crippen LogP contribution >= 0.6 is 0 Å². The van der Waals surface area contributed by atoms with Gasteiger partial charge in [0.25, 0.3) is 0 Å². The number of anilines is 1. The number of rotatable bonds is 5. The van der Waals surface area contributed by atoms with Crippen molar-refractivity contribution < 1.29 is 9.47 Å². The fourth-order valence-electron chi connectivity index (χ4n) is 5.13. The van der Waals surface area contributed by atoms with Crippen LogP contribution in [-0.2, 0) is 21.6 Å². The molecule has 2 fully saturated rings. The van der Waals surface area contributed by atoms with E-state index in [1.54, 1.807) is 0 Å². The molecule has 6 nitrogen and oxygen atoms in total. The van der Waals surface area contributed by atoms with Crippen molar-refractivity contribution in [2.24, 2.45) is 0 Å². The highest BCUT2D eigenvalue weighted by Gasteiger charge is 2.51. The number of hydrogen-bond donors (Lipinski definition) is 1. The average molecular weight is 433 g/mol. The first-order chi connectivity index (χ1) is 15.4. The third kappa shape index (κ3) is 3.60. The molecule has 1 unspecified atom stereocenters. The molecule has 3 aliphatic heterocycles. The van der Waals surface area contributed by atoms with Gasteiger partial charge in [-0.1, -0.05) is 24.3 Å². The van der Waals surface area contributed by atoms with Gasteiger partial charge < -0.3 is 14.8 Å². The van der Waals surface area contributed by atoms with Crippen molar-refractivity contribution in [3.05, 3.63) is 59.4 Å². The van der Waals surface area contributed by atoms with Gasteiger partial charge in [0.1, 0.15) is 6.61 Å². The molecule has 0 bridgehead atoms. The number of aromatic nitrogens is 2. The summed E-state index contributed by atoms with van der Waals surface area (Å²) in [5.41, 5.74) is 4.74. The van der Waals surface area contributed by atoms with Gasteiger partial charge in [-0.25, -0.2) is 0 Å². The Balaban J connectivity index is 1.15. The lowest BCUT2D eigenvalue weighted by molar-refractivity contribution is -0.0708. The lowest BCUT2D eigenvalue weighted by Crippen LogP contribution is -2.38. The second-order valence-corrected chi connectivity index (χ2v) is 10.5. The maximum absolute atomic E-state index is 5.94. The maximum atomic E-state index is 5.94. The van der Waals surface area contributed by atoms with Gasteiger partial charge in [0.2, 0.25) is 0 Å². The number of hydrogen-bond acceptors (Lipinski definition) is 5. The normalized spacial score (nSPS) is 23.2. The van der Waals surface area contributed by atoms with Gasteiger partial charge in [0, 0.05) is 42.3 Å². The molecular weight excluding hydrogens is 400 g/mol. The lowest BCUT2D eigenvalue weighted by Gasteiger charge is -2.33. The third-order valence-corrected chi connectivity index (χ3v) is 7.00. The fourth-order valence-corrected chi connectivity index (χ4v) is 5.13. The van der Waals surface area contributed by atoms with E-state index in [1.807, 2.05) is 6.20 Å². The smallest absolute Gasteiger partial charge is 0.189 e. The van der Waals surface area contributed by atoms with E-state index in [9.17, 15) is 0 Å². The number of piperidine rings is 1. The molecule has 32 heavy (non-hydrogen) atoms. The number of nitrogens with zero attached hydrogens (tertiary/aromatic N) is 3. The number of ether oxygens (including phenoxy) is 2. The summed E-state index contributed by atoms with van der Waals surface area (Å²) in [6, 6.07) is 11.5. The standard InChI is InChI=1S/C26H32N4O2/c1-25(2,3)32-17-29-11-9-20(10-12-29)30-15-18(14-27-30)13-19-7-8-23-24-21(19)5-4-6-22(24)26(28-23)16-31-26/h4-8,14-15,20,28H,9-13,16-17H2,1-3H3. The molecule has 4 heterocycles. The molecular formula is C26H32N4O2. The van der Waals surface area contributed by atoms with Crippen LogP contribution in [0.25, 0.3) is 10.8 Å². The first kappa shape index (κ1) is 20.2. The van der Waals surface area contributed by atoms with E-state index < -0.39 is 0 Å². The number of nitrogens with one attached hydrogen (secondary N) is 1. The van der Waals surface area contributed by atoms with Crippen molar-refractivity contribution in [2.75, 3.05) is 31.7 Å². The first-order valence-electron chi connectivity index (χ1n) is 11.8. The maximum Gasteiger partial charge on any atom is 0.189 e. The van der Waals surface area contributed by atoms with Gasteiger partial charge in [0.05, 0.1) is 24.6 Å². The zero-order valence-corrected chi connectivity index (χ0v) is 19.2. The summed E-state index contributed by atoms with van der Waals surface area (Å²) < 4.78 is 13.9. The second-order valence-electron chi connectivity index (χ2n) is 10.5. The van der Waals surface area contributed by atoms with Gasteiger partial charge in [-0.05, 0) is 56.2 Å². The lowest BCUT2D eigenvalue weighted by atomic mass is 9.96. The topological polar surface area (TPSA) is 54.9 Å². The molecule has 6 rings (SSSR count). The van der Waals surface area contributed by atoms with E-state index in [0.29, 0.717) is 12.8 Å². The zero-order chi connectivity index (χ0) is 21.9. The summed E-state index contributed by atoms with van der Waals surface area (Å²) in [6.45, 7) is 9.92. The highest BCUT2D eigenvalue weighted by molar-refractivity contribution is 6.02. The van der Waals surface area contributed by atoms with Crippen LogP contribution in [-0.4, -0.2) is 46.7 Å². The van der Waals surface area contributed by atoms with Crippen LogP contribution in [0, 0.1) is 0 Å². The predicted molar refractivity (Wildman–Crippen MR) is 126 cm³/mol. The van der Waals surface area contributed by atoms with Crippen molar-refractivity contribution >= 4 is 16.5 Å². The summed E-state index contributed by atoms with van der Waals surface area (Å²) in [4.78, 5) is 2.41. The van der Waals surface area contributed by atoms with Crippen LogP contribution in [0.3, 0.4) is 0 Å². The number of likely N-dealkylation sites (tertiary alicyclic amines) is 1. The van der Waals surface area contributed by atoms with E-state index in [0.717, 1.165) is 39.0 Å². The molecule has 0 radical (unpaired) electrons. The summed E-state index contributed by atoms with van der Waals surface area (Å²) in [5, 5.41) is 10.9. The summed E-state index contributed by atoms with van der Waals surface area (Å²) >= 11 is 0. The molecule has 0 aliphatic carbocycles. The quantitative estimate of drug-likeness (QED) is 0.595. The van der Waals surface area contributed by atoms with Crippen LogP contribution < -0.4 is 5.32 Å². The molecule has 6 heteroatoms. The average Bonchev–Trinajstić information content (AvgIpc) is 3.28. The monoisotopic (exact) mass is 432 g/mol. The summed E-state index contributed by atoms with van der Waals surface area (Å²) in [6.07, 6.45) is 7.42. The second kappa shape index (κ2) is 7.30. The molecule has 3 aromatic rings. The number of fused-ring (bicyclic) bond motifs is 1. The van der Waals surface area contributed by atoms with Crippen molar-refractivity contribution in [3.8, 4) is 0 Å². The third-order valence-electron chi connectivity index (χ3n) is 7.00. The van der Waals surface area contributed by atoms with Crippen LogP contribution in [0.15, 0.2) is 42.7 Å². The Morgan fingerprint density at radius 2 is 2.00 bits per heavy atom. The number of benzene rings is 2. The first-order valence-corrected chi connectivity index (χ1v) is 11.8. The molecule has 3 aliphatic rings. The van der Waals surface area contributed by atoms with E-state index in [2.05, 4.69) is 72.2 Å². The van der Waals surface area contributed by atoms with Gasteiger partial charge in [-0.15, -0.1) is 0 Å². The molecule has 2 saturated heterocycles. The van der Waals surface area contributed by atoms with Crippen LogP contribution in [0.4, 0.5) is 5.69 Å². The minimum atomic E-state index is -0.266. The van der Waals surface area contributed by atoms with E-state index >= 15 is 0 Å². The van der Waals surface area contributed by atoms with E-state index in [-0.39, 0.29) is 11.3 Å². The van der Waals surface area contributed by atoms with Gasteiger partial charge in [-0.2, -0.15) is 5.10 Å². The molecule has 2 aromatic carbocycles. The van der Waals surface area contributed by atoms with Crippen LogP contribution in [0.1, 0.15) is 56.3 Å². The van der Waals surface area contributed by atoms with E-state index in [1.165, 1.54) is 33.2 Å². The fraction of sp³-hybridized carbons (Fsp3) is 0.500.